The van der Waals surface area contributed by atoms with Gasteiger partial charge in [0.2, 0.25) is 0 Å². The molecular formula is C26H27ClFN3O3. The first-order chi connectivity index (χ1) is 16.5. The fourth-order valence-corrected chi connectivity index (χ4v) is 4.84. The van der Waals surface area contributed by atoms with Crippen molar-refractivity contribution < 1.29 is 18.7 Å². The van der Waals surface area contributed by atoms with Gasteiger partial charge in [0.15, 0.2) is 0 Å². The van der Waals surface area contributed by atoms with E-state index < -0.39 is 5.82 Å². The van der Waals surface area contributed by atoms with Gasteiger partial charge in [0, 0.05) is 36.7 Å². The van der Waals surface area contributed by atoms with E-state index in [2.05, 4.69) is 5.32 Å². The van der Waals surface area contributed by atoms with Crippen LogP contribution in [0.2, 0.25) is 5.02 Å². The quantitative estimate of drug-likeness (QED) is 0.592. The van der Waals surface area contributed by atoms with Crippen LogP contribution in [0.1, 0.15) is 54.4 Å². The molecule has 2 aromatic rings. The van der Waals surface area contributed by atoms with E-state index in [0.29, 0.717) is 40.7 Å². The number of anilines is 1. The molecule has 2 aromatic carbocycles. The minimum atomic E-state index is -0.421. The molecule has 1 amide bonds. The normalized spacial score (nSPS) is 20.9. The Labute approximate surface area is 203 Å². The molecule has 0 radical (unpaired) electrons. The second-order valence-corrected chi connectivity index (χ2v) is 9.35. The Hall–Kier alpha value is -3.11. The summed E-state index contributed by atoms with van der Waals surface area (Å²) in [5.41, 5.74) is 1.18. The van der Waals surface area contributed by atoms with E-state index in [0.717, 1.165) is 44.8 Å². The number of halogens is 2. The number of piperidine rings is 1. The lowest BCUT2D eigenvalue weighted by molar-refractivity contribution is -0.111. The number of benzene rings is 2. The summed E-state index contributed by atoms with van der Waals surface area (Å²) in [6.45, 7) is 1.26. The van der Waals surface area contributed by atoms with E-state index in [1.807, 2.05) is 11.0 Å². The molecule has 34 heavy (non-hydrogen) atoms. The van der Waals surface area contributed by atoms with E-state index in [1.165, 1.54) is 6.07 Å². The second-order valence-electron chi connectivity index (χ2n) is 8.95. The van der Waals surface area contributed by atoms with Gasteiger partial charge < -0.3 is 19.7 Å². The lowest BCUT2D eigenvalue weighted by atomic mass is 9.92. The van der Waals surface area contributed by atoms with Gasteiger partial charge in [-0.05, 0) is 68.9 Å². The number of ether oxygens (including phenoxy) is 1. The Kier molecular flexibility index (Phi) is 7.69. The van der Waals surface area contributed by atoms with Crippen LogP contribution in [0, 0.1) is 23.1 Å². The monoisotopic (exact) mass is 483 g/mol. The molecule has 1 aliphatic carbocycles. The van der Waals surface area contributed by atoms with Crippen LogP contribution in [0.15, 0.2) is 36.4 Å². The molecule has 1 N–H and O–H groups in total. The molecule has 0 unspecified atom stereocenters. The standard InChI is InChI=1S/C26H27ClFN3O3/c27-23-14-22(5-1-19(23)15-29)34-21-6-3-20(4-7-21)30-26(33)18-2-8-25(24(28)13-18)31-11-9-17(16-32)10-12-31/h1-2,5,8,13-14,16-17,20-21H,3-4,6-7,9-12H2,(H,30,33)/t20-,21-. The Morgan fingerprint density at radius 3 is 2.47 bits per heavy atom. The number of hydrogen-bond acceptors (Lipinski definition) is 5. The average Bonchev–Trinajstić information content (AvgIpc) is 2.85. The van der Waals surface area contributed by atoms with Crippen molar-refractivity contribution in [1.82, 2.24) is 5.32 Å². The first-order valence-corrected chi connectivity index (χ1v) is 12.0. The Balaban J connectivity index is 1.27. The maximum atomic E-state index is 14.8. The van der Waals surface area contributed by atoms with Crippen molar-refractivity contribution in [2.45, 2.75) is 50.7 Å². The summed E-state index contributed by atoms with van der Waals surface area (Å²) < 4.78 is 20.7. The molecule has 1 saturated heterocycles. The SMILES string of the molecule is N#Cc1ccc(O[C@H]2CC[C@H](NC(=O)c3ccc(N4CCC(C=O)CC4)c(F)c3)CC2)cc1Cl. The van der Waals surface area contributed by atoms with Gasteiger partial charge in [0.25, 0.3) is 5.91 Å². The maximum Gasteiger partial charge on any atom is 0.251 e. The minimum Gasteiger partial charge on any atom is -0.490 e. The number of rotatable bonds is 6. The molecule has 2 aliphatic rings. The summed E-state index contributed by atoms with van der Waals surface area (Å²) in [4.78, 5) is 25.6. The number of carbonyl (C=O) groups is 2. The average molecular weight is 484 g/mol. The van der Waals surface area contributed by atoms with Crippen LogP contribution in [-0.4, -0.2) is 37.4 Å². The number of amides is 1. The van der Waals surface area contributed by atoms with Gasteiger partial charge in [0.05, 0.1) is 22.4 Å². The fraction of sp³-hybridized carbons (Fsp3) is 0.423. The fourth-order valence-electron chi connectivity index (χ4n) is 4.63. The summed E-state index contributed by atoms with van der Waals surface area (Å²) in [6.07, 6.45) is 5.48. The van der Waals surface area contributed by atoms with Gasteiger partial charge >= 0.3 is 0 Å². The molecule has 4 rings (SSSR count). The van der Waals surface area contributed by atoms with Crippen LogP contribution in [0.25, 0.3) is 0 Å². The molecule has 0 bridgehead atoms. The first-order valence-electron chi connectivity index (χ1n) is 11.6. The number of aldehydes is 1. The van der Waals surface area contributed by atoms with E-state index in [1.54, 1.807) is 30.3 Å². The summed E-state index contributed by atoms with van der Waals surface area (Å²) in [5.74, 6) is -0.0297. The van der Waals surface area contributed by atoms with Crippen LogP contribution in [0.3, 0.4) is 0 Å². The third kappa shape index (κ3) is 5.68. The first kappa shape index (κ1) is 24.0. The molecule has 1 heterocycles. The van der Waals surface area contributed by atoms with Crippen molar-refractivity contribution in [3.63, 3.8) is 0 Å². The minimum absolute atomic E-state index is 0.00186. The molecule has 8 heteroatoms. The predicted octanol–water partition coefficient (Wildman–Crippen LogP) is 4.89. The third-order valence-corrected chi connectivity index (χ3v) is 6.97. The Morgan fingerprint density at radius 2 is 1.85 bits per heavy atom. The lowest BCUT2D eigenvalue weighted by Crippen LogP contribution is -2.39. The van der Waals surface area contributed by atoms with Crippen LogP contribution in [-0.2, 0) is 4.79 Å². The van der Waals surface area contributed by atoms with Gasteiger partial charge in [-0.3, -0.25) is 4.79 Å². The summed E-state index contributed by atoms with van der Waals surface area (Å²) in [7, 11) is 0. The van der Waals surface area contributed by atoms with Crippen LogP contribution < -0.4 is 15.0 Å². The number of carbonyl (C=O) groups excluding carboxylic acids is 2. The highest BCUT2D eigenvalue weighted by molar-refractivity contribution is 6.31. The largest absolute Gasteiger partial charge is 0.490 e. The molecule has 1 saturated carbocycles. The van der Waals surface area contributed by atoms with Crippen molar-refractivity contribution in [3.05, 3.63) is 58.4 Å². The Morgan fingerprint density at radius 1 is 1.12 bits per heavy atom. The molecule has 1 aliphatic heterocycles. The summed E-state index contributed by atoms with van der Waals surface area (Å²) in [5, 5.41) is 12.4. The van der Waals surface area contributed by atoms with Crippen molar-refractivity contribution in [2.75, 3.05) is 18.0 Å². The highest BCUT2D eigenvalue weighted by Gasteiger charge is 2.25. The summed E-state index contributed by atoms with van der Waals surface area (Å²) >= 11 is 6.07. The summed E-state index contributed by atoms with van der Waals surface area (Å²) in [6, 6.07) is 11.7. The molecule has 0 spiro atoms. The van der Waals surface area contributed by atoms with Crippen LogP contribution >= 0.6 is 11.6 Å². The zero-order valence-electron chi connectivity index (χ0n) is 18.8. The van der Waals surface area contributed by atoms with Crippen molar-refractivity contribution in [1.29, 1.82) is 5.26 Å². The molecular weight excluding hydrogens is 457 g/mol. The third-order valence-electron chi connectivity index (χ3n) is 6.66. The van der Waals surface area contributed by atoms with Crippen LogP contribution in [0.5, 0.6) is 5.75 Å². The van der Waals surface area contributed by atoms with Crippen LogP contribution in [0.4, 0.5) is 10.1 Å². The maximum absolute atomic E-state index is 14.8. The predicted molar refractivity (Wildman–Crippen MR) is 128 cm³/mol. The van der Waals surface area contributed by atoms with E-state index in [4.69, 9.17) is 21.6 Å². The number of hydrogen-bond donors (Lipinski definition) is 1. The zero-order chi connectivity index (χ0) is 24.1. The lowest BCUT2D eigenvalue weighted by Gasteiger charge is -2.32. The highest BCUT2D eigenvalue weighted by Crippen LogP contribution is 2.28. The second kappa shape index (κ2) is 10.9. The van der Waals surface area contributed by atoms with Gasteiger partial charge in [-0.2, -0.15) is 5.26 Å². The van der Waals surface area contributed by atoms with Gasteiger partial charge in [-0.1, -0.05) is 11.6 Å². The van der Waals surface area contributed by atoms with E-state index in [9.17, 15) is 14.0 Å². The van der Waals surface area contributed by atoms with Gasteiger partial charge in [-0.15, -0.1) is 0 Å². The molecule has 6 nitrogen and oxygen atoms in total. The van der Waals surface area contributed by atoms with Gasteiger partial charge in [-0.25, -0.2) is 4.39 Å². The molecule has 2 fully saturated rings. The highest BCUT2D eigenvalue weighted by atomic mass is 35.5. The smallest absolute Gasteiger partial charge is 0.251 e. The zero-order valence-corrected chi connectivity index (χ0v) is 19.6. The topological polar surface area (TPSA) is 82.4 Å². The Bertz CT molecular complexity index is 1090. The molecule has 178 valence electrons. The number of nitrogens with one attached hydrogen (secondary N) is 1. The van der Waals surface area contributed by atoms with Crippen molar-refractivity contribution >= 4 is 29.5 Å². The van der Waals surface area contributed by atoms with Gasteiger partial charge in [0.1, 0.15) is 23.9 Å². The van der Waals surface area contributed by atoms with Crippen molar-refractivity contribution in [3.8, 4) is 11.8 Å². The number of nitrogens with zero attached hydrogens (tertiary/aromatic N) is 2. The van der Waals surface area contributed by atoms with E-state index in [-0.39, 0.29) is 24.0 Å². The number of nitriles is 1. The molecule has 0 atom stereocenters. The van der Waals surface area contributed by atoms with E-state index >= 15 is 0 Å². The molecule has 0 aromatic heterocycles. The van der Waals surface area contributed by atoms with Crippen molar-refractivity contribution in [2.24, 2.45) is 5.92 Å².